The van der Waals surface area contributed by atoms with Crippen LogP contribution in [0.5, 0.6) is 0 Å². The van der Waals surface area contributed by atoms with Gasteiger partial charge in [-0.05, 0) is 6.42 Å². The third-order valence-corrected chi connectivity index (χ3v) is 3.89. The van der Waals surface area contributed by atoms with Gasteiger partial charge in [0.2, 0.25) is 0 Å². The molecule has 3 aromatic heterocycles. The molecule has 0 fully saturated rings. The Bertz CT molecular complexity index is 716. The van der Waals surface area contributed by atoms with Gasteiger partial charge in [-0.15, -0.1) is 16.4 Å². The van der Waals surface area contributed by atoms with Gasteiger partial charge in [0.1, 0.15) is 11.4 Å². The number of nitrogens with zero attached hydrogens (tertiary/aromatic N) is 6. The van der Waals surface area contributed by atoms with Gasteiger partial charge < -0.3 is 4.74 Å². The van der Waals surface area contributed by atoms with Crippen LogP contribution >= 0.6 is 11.3 Å². The van der Waals surface area contributed by atoms with E-state index in [1.807, 2.05) is 30.9 Å². The Labute approximate surface area is 126 Å². The van der Waals surface area contributed by atoms with Crippen molar-refractivity contribution in [1.29, 1.82) is 0 Å². The van der Waals surface area contributed by atoms with E-state index < -0.39 is 0 Å². The van der Waals surface area contributed by atoms with Crippen molar-refractivity contribution in [2.75, 3.05) is 13.7 Å². The number of ether oxygens (including phenoxy) is 1. The van der Waals surface area contributed by atoms with Crippen molar-refractivity contribution in [2.24, 2.45) is 7.05 Å². The number of aryl methyl sites for hydroxylation is 2. The molecule has 0 amide bonds. The van der Waals surface area contributed by atoms with Crippen LogP contribution in [0, 0.1) is 0 Å². The molecule has 0 radical (unpaired) electrons. The fraction of sp³-hybridized carbons (Fsp3) is 0.385. The van der Waals surface area contributed by atoms with E-state index >= 15 is 0 Å². The molecule has 21 heavy (non-hydrogen) atoms. The fourth-order valence-electron chi connectivity index (χ4n) is 1.93. The van der Waals surface area contributed by atoms with E-state index in [-0.39, 0.29) is 0 Å². The molecule has 0 saturated heterocycles. The molecule has 3 rings (SSSR count). The number of hydrogen-bond donors (Lipinski definition) is 0. The maximum atomic E-state index is 5.05. The second kappa shape index (κ2) is 6.15. The van der Waals surface area contributed by atoms with E-state index in [0.717, 1.165) is 41.7 Å². The summed E-state index contributed by atoms with van der Waals surface area (Å²) in [6.45, 7) is 0.755. The molecule has 0 N–H and O–H groups in total. The Morgan fingerprint density at radius 2 is 2.24 bits per heavy atom. The highest BCUT2D eigenvalue weighted by Gasteiger charge is 2.10. The van der Waals surface area contributed by atoms with Gasteiger partial charge in [0.05, 0.1) is 11.2 Å². The molecule has 0 spiro atoms. The highest BCUT2D eigenvalue weighted by atomic mass is 32.1. The minimum atomic E-state index is 0.742. The van der Waals surface area contributed by atoms with Crippen molar-refractivity contribution in [3.8, 4) is 17.2 Å². The van der Waals surface area contributed by atoms with Crippen molar-refractivity contribution < 1.29 is 4.74 Å². The molecule has 0 unspecified atom stereocenters. The first-order valence-electron chi connectivity index (χ1n) is 6.62. The zero-order valence-corrected chi connectivity index (χ0v) is 12.7. The van der Waals surface area contributed by atoms with Gasteiger partial charge in [-0.25, -0.2) is 4.98 Å². The van der Waals surface area contributed by atoms with Gasteiger partial charge in [-0.3, -0.25) is 4.68 Å². The van der Waals surface area contributed by atoms with Crippen LogP contribution < -0.4 is 0 Å². The minimum absolute atomic E-state index is 0.742. The summed E-state index contributed by atoms with van der Waals surface area (Å²) in [6, 6.07) is 1.88. The normalized spacial score (nSPS) is 11.1. The lowest BCUT2D eigenvalue weighted by atomic mass is 10.3. The molecule has 3 aromatic rings. The third kappa shape index (κ3) is 3.17. The van der Waals surface area contributed by atoms with Crippen LogP contribution in [0.2, 0.25) is 0 Å². The Kier molecular flexibility index (Phi) is 4.07. The molecule has 7 nitrogen and oxygen atoms in total. The highest BCUT2D eigenvalue weighted by molar-refractivity contribution is 7.09. The van der Waals surface area contributed by atoms with Crippen molar-refractivity contribution in [2.45, 2.75) is 12.8 Å². The van der Waals surface area contributed by atoms with Gasteiger partial charge in [0.15, 0.2) is 5.82 Å². The summed E-state index contributed by atoms with van der Waals surface area (Å²) in [5.74, 6) is 0.742. The summed E-state index contributed by atoms with van der Waals surface area (Å²) in [5, 5.41) is 15.7. The van der Waals surface area contributed by atoms with Crippen LogP contribution in [0.4, 0.5) is 0 Å². The Hall–Kier alpha value is -2.06. The minimum Gasteiger partial charge on any atom is -0.385 e. The lowest BCUT2D eigenvalue weighted by Gasteiger charge is -1.95. The molecule has 0 saturated carbocycles. The van der Waals surface area contributed by atoms with Gasteiger partial charge in [-0.2, -0.15) is 9.78 Å². The van der Waals surface area contributed by atoms with E-state index in [2.05, 4.69) is 20.4 Å². The maximum Gasteiger partial charge on any atom is 0.176 e. The summed E-state index contributed by atoms with van der Waals surface area (Å²) in [7, 11) is 3.58. The number of rotatable bonds is 6. The average molecular weight is 304 g/mol. The molecule has 0 atom stereocenters. The van der Waals surface area contributed by atoms with Crippen molar-refractivity contribution >= 4 is 11.3 Å². The number of thiazole rings is 1. The summed E-state index contributed by atoms with van der Waals surface area (Å²) >= 11 is 1.64. The Balaban J connectivity index is 1.74. The first kappa shape index (κ1) is 13.9. The summed E-state index contributed by atoms with van der Waals surface area (Å²) < 4.78 is 8.43. The van der Waals surface area contributed by atoms with Crippen LogP contribution in [0.25, 0.3) is 17.2 Å². The molecule has 8 heteroatoms. The smallest absolute Gasteiger partial charge is 0.176 e. The fourth-order valence-corrected chi connectivity index (χ4v) is 2.76. The van der Waals surface area contributed by atoms with Crippen LogP contribution in [0.1, 0.15) is 11.4 Å². The van der Waals surface area contributed by atoms with Crippen molar-refractivity contribution in [1.82, 2.24) is 29.8 Å². The van der Waals surface area contributed by atoms with E-state index in [0.29, 0.717) is 0 Å². The lowest BCUT2D eigenvalue weighted by Crippen LogP contribution is -1.97. The first-order chi connectivity index (χ1) is 10.3. The number of aromatic nitrogens is 6. The second-order valence-corrected chi connectivity index (χ2v) is 5.56. The third-order valence-electron chi connectivity index (χ3n) is 2.98. The quantitative estimate of drug-likeness (QED) is 0.648. The summed E-state index contributed by atoms with van der Waals surface area (Å²) in [5.41, 5.74) is 1.62. The topological polar surface area (TPSA) is 70.7 Å². The molecule has 110 valence electrons. The lowest BCUT2D eigenvalue weighted by molar-refractivity contribution is 0.195. The van der Waals surface area contributed by atoms with Gasteiger partial charge >= 0.3 is 0 Å². The largest absolute Gasteiger partial charge is 0.385 e. The van der Waals surface area contributed by atoms with E-state index in [1.54, 1.807) is 27.8 Å². The molecule has 3 heterocycles. The van der Waals surface area contributed by atoms with Gasteiger partial charge in [-0.1, -0.05) is 5.21 Å². The molecule has 0 aliphatic rings. The summed E-state index contributed by atoms with van der Waals surface area (Å²) in [4.78, 5) is 4.59. The predicted octanol–water partition coefficient (Wildman–Crippen LogP) is 1.70. The molecular formula is C13H16N6OS. The van der Waals surface area contributed by atoms with Crippen molar-refractivity contribution in [3.05, 3.63) is 28.8 Å². The zero-order chi connectivity index (χ0) is 14.7. The van der Waals surface area contributed by atoms with Crippen LogP contribution in [-0.2, 0) is 18.2 Å². The average Bonchev–Trinajstić information content (AvgIpc) is 3.17. The molecule has 0 aromatic carbocycles. The zero-order valence-electron chi connectivity index (χ0n) is 11.9. The Morgan fingerprint density at radius 1 is 1.33 bits per heavy atom. The monoisotopic (exact) mass is 304 g/mol. The Morgan fingerprint density at radius 3 is 3.00 bits per heavy atom. The van der Waals surface area contributed by atoms with Gasteiger partial charge in [0.25, 0.3) is 0 Å². The van der Waals surface area contributed by atoms with E-state index in [1.165, 1.54) is 0 Å². The molecule has 0 aliphatic carbocycles. The SMILES string of the molecule is COCCCc1nc(-c2cn(-c3ccn(C)n3)nn2)cs1. The first-order valence-corrected chi connectivity index (χ1v) is 7.50. The summed E-state index contributed by atoms with van der Waals surface area (Å²) in [6.07, 6.45) is 5.61. The van der Waals surface area contributed by atoms with Crippen LogP contribution in [0.15, 0.2) is 23.8 Å². The molecule has 0 aliphatic heterocycles. The number of hydrogen-bond acceptors (Lipinski definition) is 6. The number of methoxy groups -OCH3 is 1. The maximum absolute atomic E-state index is 5.05. The van der Waals surface area contributed by atoms with E-state index in [9.17, 15) is 0 Å². The molecule has 0 bridgehead atoms. The van der Waals surface area contributed by atoms with Gasteiger partial charge in [0, 0.05) is 44.8 Å². The van der Waals surface area contributed by atoms with Crippen LogP contribution in [-0.4, -0.2) is 43.5 Å². The predicted molar refractivity (Wildman–Crippen MR) is 79.4 cm³/mol. The molecular weight excluding hydrogens is 288 g/mol. The standard InChI is InChI=1S/C13H16N6OS/c1-18-6-5-12(16-18)19-8-10(15-17-19)11-9-21-13(14-11)4-3-7-20-2/h5-6,8-9H,3-4,7H2,1-2H3. The highest BCUT2D eigenvalue weighted by Crippen LogP contribution is 2.21. The van der Waals surface area contributed by atoms with Crippen LogP contribution in [0.3, 0.4) is 0 Å². The van der Waals surface area contributed by atoms with E-state index in [4.69, 9.17) is 4.74 Å². The van der Waals surface area contributed by atoms with Crippen molar-refractivity contribution in [3.63, 3.8) is 0 Å². The second-order valence-electron chi connectivity index (χ2n) is 4.62.